The number of carbonyl (C=O) groups excluding carboxylic acids is 4. The summed E-state index contributed by atoms with van der Waals surface area (Å²) in [5, 5.41) is 15.6. The maximum atomic E-state index is 13.9. The molecule has 0 saturated carbocycles. The third-order valence-electron chi connectivity index (χ3n) is 12.1. The zero-order valence-electron chi connectivity index (χ0n) is 38.8. The molecule has 0 aliphatic carbocycles. The molecular formula is C52H57N7O7S. The van der Waals surface area contributed by atoms with Crippen LogP contribution < -0.4 is 25.2 Å². The van der Waals surface area contributed by atoms with Crippen molar-refractivity contribution in [3.8, 4) is 34.3 Å². The van der Waals surface area contributed by atoms with E-state index in [1.54, 1.807) is 23.2 Å². The normalized spacial score (nSPS) is 16.2. The Morgan fingerprint density at radius 2 is 1.60 bits per heavy atom. The van der Waals surface area contributed by atoms with Gasteiger partial charge in [0.25, 0.3) is 5.91 Å². The summed E-state index contributed by atoms with van der Waals surface area (Å²) < 4.78 is 17.0. The Balaban J connectivity index is 0.822. The third-order valence-corrected chi connectivity index (χ3v) is 12.5. The number of anilines is 2. The number of nitrogens with zero attached hydrogens (tertiary/aromatic N) is 5. The van der Waals surface area contributed by atoms with E-state index in [1.807, 2.05) is 125 Å². The van der Waals surface area contributed by atoms with Gasteiger partial charge in [0.1, 0.15) is 30.0 Å². The highest BCUT2D eigenvalue weighted by Crippen LogP contribution is 2.38. The van der Waals surface area contributed by atoms with Crippen molar-refractivity contribution in [2.24, 2.45) is 5.41 Å². The van der Waals surface area contributed by atoms with Crippen molar-refractivity contribution in [2.45, 2.75) is 91.4 Å². The van der Waals surface area contributed by atoms with Crippen LogP contribution in [0.3, 0.4) is 0 Å². The van der Waals surface area contributed by atoms with Gasteiger partial charge in [-0.3, -0.25) is 24.1 Å². The van der Waals surface area contributed by atoms with Gasteiger partial charge >= 0.3 is 0 Å². The number of benzene rings is 4. The minimum atomic E-state index is -0.921. The molecule has 0 unspecified atom stereocenters. The van der Waals surface area contributed by atoms with Crippen molar-refractivity contribution < 1.29 is 33.1 Å². The molecule has 0 radical (unpaired) electrons. The molecule has 2 atom stereocenters. The summed E-state index contributed by atoms with van der Waals surface area (Å²) in [6.45, 7) is 12.6. The van der Waals surface area contributed by atoms with E-state index in [2.05, 4.69) is 21.7 Å². The molecule has 67 heavy (non-hydrogen) atoms. The Hall–Kier alpha value is -6.89. The van der Waals surface area contributed by atoms with Crippen LogP contribution in [0.25, 0.3) is 22.5 Å². The summed E-state index contributed by atoms with van der Waals surface area (Å²) in [6, 6.07) is 29.4. The molecule has 2 saturated heterocycles. The molecule has 14 nitrogen and oxygen atoms in total. The van der Waals surface area contributed by atoms with E-state index in [9.17, 15) is 24.4 Å². The minimum absolute atomic E-state index is 0.145. The molecule has 1 aromatic heterocycles. The lowest BCUT2D eigenvalue weighted by Gasteiger charge is -2.35. The fraction of sp³-hybridized carbons (Fsp3) is 0.365. The standard InChI is InChI=1S/C52H57N7O7S/c1-34-28-41(22-17-39(34)29-53)58-49(63)52(5,6)59(50(58)67)40-20-15-36(16-21-40)37-18-23-42(24-19-37)65-27-8-7-26-64-32-45(60)56-46(51(2,3)4)48(62)57-25-9-10-43(57)47(61)55-30-35-11-13-38(14-12-35)44-31-54-33-66-44/h11-24,28,31,33,43,46H,7-10,25-27,30,32H2,1-6H3,(H,55,61)(H,56,60)/t43-,46+/m0/s1. The van der Waals surface area contributed by atoms with Crippen LogP contribution >= 0.6 is 12.2 Å². The van der Waals surface area contributed by atoms with E-state index in [0.717, 1.165) is 39.3 Å². The number of nitriles is 1. The smallest absolute Gasteiger partial charge is 0.259 e. The second kappa shape index (κ2) is 20.7. The molecule has 2 aliphatic heterocycles. The lowest BCUT2D eigenvalue weighted by Crippen LogP contribution is -2.58. The molecule has 5 aromatic rings. The number of carbonyl (C=O) groups is 4. The van der Waals surface area contributed by atoms with E-state index in [0.29, 0.717) is 74.1 Å². The molecule has 3 heterocycles. The van der Waals surface area contributed by atoms with E-state index >= 15 is 0 Å². The number of thiocarbonyl (C=S) groups is 1. The topological polar surface area (TPSA) is 170 Å². The number of hydrogen-bond donors (Lipinski definition) is 2. The summed E-state index contributed by atoms with van der Waals surface area (Å²) >= 11 is 5.86. The van der Waals surface area contributed by atoms with Gasteiger partial charge in [-0.1, -0.05) is 69.3 Å². The predicted molar refractivity (Wildman–Crippen MR) is 260 cm³/mol. The second-order valence-corrected chi connectivity index (χ2v) is 18.8. The highest BCUT2D eigenvalue weighted by molar-refractivity contribution is 7.81. The van der Waals surface area contributed by atoms with Crippen LogP contribution in [0.4, 0.5) is 11.4 Å². The molecule has 15 heteroatoms. The van der Waals surface area contributed by atoms with Crippen LogP contribution in [0.15, 0.2) is 108 Å². The first kappa shape index (κ1) is 48.1. The number of aromatic nitrogens is 1. The summed E-state index contributed by atoms with van der Waals surface area (Å²) in [6.07, 6.45) is 5.63. The molecule has 2 aliphatic rings. The number of oxazole rings is 1. The van der Waals surface area contributed by atoms with Crippen LogP contribution in [0, 0.1) is 23.7 Å². The van der Waals surface area contributed by atoms with Crippen LogP contribution in [0.5, 0.6) is 5.75 Å². The van der Waals surface area contributed by atoms with Crippen molar-refractivity contribution in [1.82, 2.24) is 20.5 Å². The lowest BCUT2D eigenvalue weighted by atomic mass is 9.85. The van der Waals surface area contributed by atoms with Gasteiger partial charge in [0.05, 0.1) is 30.1 Å². The number of hydrogen-bond acceptors (Lipinski definition) is 10. The van der Waals surface area contributed by atoms with Gasteiger partial charge in [-0.2, -0.15) is 5.26 Å². The first-order chi connectivity index (χ1) is 32.1. The monoisotopic (exact) mass is 923 g/mol. The van der Waals surface area contributed by atoms with Gasteiger partial charge in [-0.25, -0.2) is 4.98 Å². The largest absolute Gasteiger partial charge is 0.494 e. The van der Waals surface area contributed by atoms with Gasteiger partial charge in [0, 0.05) is 30.9 Å². The van der Waals surface area contributed by atoms with Crippen LogP contribution in [0.1, 0.15) is 77.0 Å². The van der Waals surface area contributed by atoms with Crippen molar-refractivity contribution >= 4 is 52.3 Å². The van der Waals surface area contributed by atoms with Crippen molar-refractivity contribution in [3.05, 3.63) is 120 Å². The number of nitrogens with one attached hydrogen (secondary N) is 2. The van der Waals surface area contributed by atoms with Crippen LogP contribution in [-0.2, 0) is 30.5 Å². The number of rotatable bonds is 17. The zero-order valence-corrected chi connectivity index (χ0v) is 39.7. The fourth-order valence-corrected chi connectivity index (χ4v) is 8.87. The van der Waals surface area contributed by atoms with E-state index < -0.39 is 28.9 Å². The number of likely N-dealkylation sites (tertiary alicyclic amines) is 1. The van der Waals surface area contributed by atoms with Gasteiger partial charge in [0.15, 0.2) is 17.3 Å². The van der Waals surface area contributed by atoms with Crippen molar-refractivity contribution in [2.75, 3.05) is 36.2 Å². The Labute approximate surface area is 397 Å². The molecule has 0 spiro atoms. The first-order valence-electron chi connectivity index (χ1n) is 22.5. The average molecular weight is 924 g/mol. The summed E-state index contributed by atoms with van der Waals surface area (Å²) in [5.41, 5.74) is 5.01. The Bertz CT molecular complexity index is 2620. The number of ether oxygens (including phenoxy) is 2. The lowest BCUT2D eigenvalue weighted by molar-refractivity contribution is -0.144. The Kier molecular flexibility index (Phi) is 14.9. The molecule has 2 fully saturated rings. The predicted octanol–water partition coefficient (Wildman–Crippen LogP) is 8.12. The number of amides is 4. The molecule has 7 rings (SSSR count). The number of unbranched alkanes of at least 4 members (excludes halogenated alkanes) is 1. The summed E-state index contributed by atoms with van der Waals surface area (Å²) in [7, 11) is 0. The van der Waals surface area contributed by atoms with Gasteiger partial charge < -0.3 is 34.3 Å². The van der Waals surface area contributed by atoms with Crippen LogP contribution in [-0.4, -0.2) is 82.6 Å². The van der Waals surface area contributed by atoms with E-state index in [-0.39, 0.29) is 24.3 Å². The van der Waals surface area contributed by atoms with Gasteiger partial charge in [-0.05, 0) is 129 Å². The molecule has 0 bridgehead atoms. The average Bonchev–Trinajstić information content (AvgIpc) is 4.07. The molecule has 2 N–H and O–H groups in total. The Morgan fingerprint density at radius 3 is 2.24 bits per heavy atom. The Morgan fingerprint density at radius 1 is 0.940 bits per heavy atom. The molecule has 4 amide bonds. The third kappa shape index (κ3) is 11.0. The highest BCUT2D eigenvalue weighted by atomic mass is 32.1. The van der Waals surface area contributed by atoms with Crippen molar-refractivity contribution in [3.63, 3.8) is 0 Å². The highest BCUT2D eigenvalue weighted by Gasteiger charge is 2.50. The van der Waals surface area contributed by atoms with Gasteiger partial charge in [0.2, 0.25) is 17.7 Å². The van der Waals surface area contributed by atoms with E-state index in [4.69, 9.17) is 26.1 Å². The fourth-order valence-electron chi connectivity index (χ4n) is 8.35. The molecular weight excluding hydrogens is 867 g/mol. The maximum Gasteiger partial charge on any atom is 0.259 e. The quantitative estimate of drug-likeness (QED) is 0.0682. The van der Waals surface area contributed by atoms with Crippen LogP contribution in [0.2, 0.25) is 0 Å². The minimum Gasteiger partial charge on any atom is -0.494 e. The summed E-state index contributed by atoms with van der Waals surface area (Å²) in [5.74, 6) is 0.336. The SMILES string of the molecule is Cc1cc(N2C(=O)C(C)(C)N(c3ccc(-c4ccc(OCCCCOCC(=O)N[C@H](C(=O)N5CCC[C@H]5C(=O)NCc5ccc(-c6cnco6)cc5)C(C)(C)C)cc4)cc3)C2=S)ccc1C#N. The first-order valence-corrected chi connectivity index (χ1v) is 22.9. The van der Waals surface area contributed by atoms with Gasteiger partial charge in [-0.15, -0.1) is 0 Å². The maximum absolute atomic E-state index is 13.9. The van der Waals surface area contributed by atoms with E-state index in [1.165, 1.54) is 11.3 Å². The number of aryl methyl sites for hydroxylation is 1. The molecule has 4 aromatic carbocycles. The molecule has 348 valence electrons. The summed E-state index contributed by atoms with van der Waals surface area (Å²) in [4.78, 5) is 62.9. The zero-order chi connectivity index (χ0) is 47.9. The van der Waals surface area contributed by atoms with Crippen molar-refractivity contribution in [1.29, 1.82) is 5.26 Å². The second-order valence-electron chi connectivity index (χ2n) is 18.4.